The summed E-state index contributed by atoms with van der Waals surface area (Å²) in [5, 5.41) is 12.3. The summed E-state index contributed by atoms with van der Waals surface area (Å²) < 4.78 is 26.1. The first-order chi connectivity index (χ1) is 9.92. The van der Waals surface area contributed by atoms with E-state index in [1.54, 1.807) is 31.2 Å². The van der Waals surface area contributed by atoms with Gasteiger partial charge in [0, 0.05) is 5.69 Å². The zero-order valence-electron chi connectivity index (χ0n) is 11.8. The Morgan fingerprint density at radius 3 is 2.62 bits per heavy atom. The summed E-state index contributed by atoms with van der Waals surface area (Å²) >= 11 is 0. The molecular formula is C14H17N3O3S. The van der Waals surface area contributed by atoms with E-state index < -0.39 is 10.0 Å². The maximum Gasteiger partial charge on any atom is 0.240 e. The van der Waals surface area contributed by atoms with Gasteiger partial charge >= 0.3 is 0 Å². The number of hydrogen-bond donors (Lipinski definition) is 3. The molecule has 112 valence electrons. The number of pyridine rings is 1. The maximum atomic E-state index is 11.9. The van der Waals surface area contributed by atoms with Crippen LogP contribution < -0.4 is 10.0 Å². The van der Waals surface area contributed by atoms with Crippen molar-refractivity contribution < 1.29 is 13.5 Å². The lowest BCUT2D eigenvalue weighted by Crippen LogP contribution is -2.19. The van der Waals surface area contributed by atoms with E-state index in [0.717, 1.165) is 5.69 Å². The molecule has 0 radical (unpaired) electrons. The van der Waals surface area contributed by atoms with E-state index in [-0.39, 0.29) is 10.6 Å². The summed E-state index contributed by atoms with van der Waals surface area (Å²) in [7, 11) is -2.09. The van der Waals surface area contributed by atoms with Gasteiger partial charge in [-0.1, -0.05) is 6.07 Å². The van der Waals surface area contributed by atoms with E-state index in [1.165, 1.54) is 13.2 Å². The Balaban J connectivity index is 2.18. The number of sulfonamides is 1. The van der Waals surface area contributed by atoms with Crippen LogP contribution in [0.1, 0.15) is 11.3 Å². The first-order valence-electron chi connectivity index (χ1n) is 6.34. The highest BCUT2D eigenvalue weighted by molar-refractivity contribution is 7.89. The van der Waals surface area contributed by atoms with E-state index in [1.807, 2.05) is 6.07 Å². The Hall–Kier alpha value is -2.12. The van der Waals surface area contributed by atoms with Gasteiger partial charge < -0.3 is 10.4 Å². The second-order valence-electron chi connectivity index (χ2n) is 4.55. The molecule has 0 aliphatic carbocycles. The monoisotopic (exact) mass is 307 g/mol. The highest BCUT2D eigenvalue weighted by atomic mass is 32.2. The van der Waals surface area contributed by atoms with Crippen LogP contribution in [0, 0.1) is 6.92 Å². The molecule has 0 spiro atoms. The van der Waals surface area contributed by atoms with Gasteiger partial charge in [-0.25, -0.2) is 13.1 Å². The van der Waals surface area contributed by atoms with Crippen molar-refractivity contribution in [3.63, 3.8) is 0 Å². The van der Waals surface area contributed by atoms with Crippen molar-refractivity contribution in [2.75, 3.05) is 12.4 Å². The van der Waals surface area contributed by atoms with E-state index >= 15 is 0 Å². The standard InChI is InChI=1S/C14H17N3O3S/c1-10-3-4-11(7-14(10)21(19,20)15-2)16-8-12-5-6-13(18)9-17-12/h3-7,9,15-16,18H,8H2,1-2H3. The third-order valence-electron chi connectivity index (χ3n) is 3.03. The van der Waals surface area contributed by atoms with Crippen molar-refractivity contribution in [2.24, 2.45) is 0 Å². The van der Waals surface area contributed by atoms with Gasteiger partial charge in [-0.15, -0.1) is 0 Å². The Morgan fingerprint density at radius 2 is 2.00 bits per heavy atom. The molecule has 2 rings (SSSR count). The zero-order valence-corrected chi connectivity index (χ0v) is 12.6. The molecule has 0 fully saturated rings. The number of nitrogens with one attached hydrogen (secondary N) is 2. The fourth-order valence-electron chi connectivity index (χ4n) is 1.82. The molecule has 1 aromatic carbocycles. The van der Waals surface area contributed by atoms with Gasteiger partial charge in [-0.2, -0.15) is 0 Å². The molecule has 21 heavy (non-hydrogen) atoms. The highest BCUT2D eigenvalue weighted by Gasteiger charge is 2.14. The van der Waals surface area contributed by atoms with Gasteiger partial charge in [-0.3, -0.25) is 4.98 Å². The van der Waals surface area contributed by atoms with Crippen LogP contribution in [0.4, 0.5) is 5.69 Å². The topological polar surface area (TPSA) is 91.3 Å². The molecule has 1 aromatic heterocycles. The lowest BCUT2D eigenvalue weighted by Gasteiger charge is -2.11. The third-order valence-corrected chi connectivity index (χ3v) is 4.59. The molecule has 0 saturated heterocycles. The van der Waals surface area contributed by atoms with Crippen LogP contribution in [-0.4, -0.2) is 25.6 Å². The summed E-state index contributed by atoms with van der Waals surface area (Å²) in [5.74, 6) is 0.108. The quantitative estimate of drug-likeness (QED) is 0.780. The van der Waals surface area contributed by atoms with E-state index in [4.69, 9.17) is 5.11 Å². The van der Waals surface area contributed by atoms with Crippen LogP contribution in [-0.2, 0) is 16.6 Å². The average Bonchev–Trinajstić information content (AvgIpc) is 2.48. The molecule has 0 saturated carbocycles. The highest BCUT2D eigenvalue weighted by Crippen LogP contribution is 2.20. The Morgan fingerprint density at radius 1 is 1.24 bits per heavy atom. The molecule has 7 heteroatoms. The molecule has 1 heterocycles. The second-order valence-corrected chi connectivity index (χ2v) is 6.40. The van der Waals surface area contributed by atoms with Crippen molar-refractivity contribution in [1.82, 2.24) is 9.71 Å². The minimum atomic E-state index is -3.48. The lowest BCUT2D eigenvalue weighted by atomic mass is 10.2. The van der Waals surface area contributed by atoms with Gasteiger partial charge in [0.2, 0.25) is 10.0 Å². The smallest absolute Gasteiger partial charge is 0.240 e. The van der Waals surface area contributed by atoms with Crippen molar-refractivity contribution in [1.29, 1.82) is 0 Å². The minimum absolute atomic E-state index is 0.108. The van der Waals surface area contributed by atoms with Crippen LogP contribution in [0.15, 0.2) is 41.4 Å². The summed E-state index contributed by atoms with van der Waals surface area (Å²) in [6.07, 6.45) is 1.36. The fourth-order valence-corrected chi connectivity index (χ4v) is 2.82. The Labute approximate surface area is 123 Å². The van der Waals surface area contributed by atoms with Crippen molar-refractivity contribution in [3.05, 3.63) is 47.8 Å². The number of anilines is 1. The van der Waals surface area contributed by atoms with Crippen molar-refractivity contribution >= 4 is 15.7 Å². The SMILES string of the molecule is CNS(=O)(=O)c1cc(NCc2ccc(O)cn2)ccc1C. The fraction of sp³-hybridized carbons (Fsp3) is 0.214. The van der Waals surface area contributed by atoms with Gasteiger partial charge in [0.1, 0.15) is 5.75 Å². The largest absolute Gasteiger partial charge is 0.506 e. The van der Waals surface area contributed by atoms with Crippen molar-refractivity contribution in [3.8, 4) is 5.75 Å². The third kappa shape index (κ3) is 3.71. The number of nitrogens with zero attached hydrogens (tertiary/aromatic N) is 1. The zero-order chi connectivity index (χ0) is 15.5. The Bertz CT molecular complexity index is 728. The van der Waals surface area contributed by atoms with Crippen LogP contribution in [0.25, 0.3) is 0 Å². The van der Waals surface area contributed by atoms with Crippen molar-refractivity contribution in [2.45, 2.75) is 18.4 Å². The summed E-state index contributed by atoms with van der Waals surface area (Å²) in [4.78, 5) is 4.30. The number of aromatic hydroxyl groups is 1. The van der Waals surface area contributed by atoms with Gasteiger partial charge in [-0.05, 0) is 43.8 Å². The second kappa shape index (κ2) is 6.11. The molecule has 0 aliphatic heterocycles. The molecule has 0 bridgehead atoms. The first kappa shape index (κ1) is 15.3. The first-order valence-corrected chi connectivity index (χ1v) is 7.82. The van der Waals surface area contributed by atoms with Crippen LogP contribution in [0.5, 0.6) is 5.75 Å². The minimum Gasteiger partial charge on any atom is -0.506 e. The summed E-state index contributed by atoms with van der Waals surface area (Å²) in [6, 6.07) is 8.39. The van der Waals surface area contributed by atoms with Crippen LogP contribution in [0.2, 0.25) is 0 Å². The van der Waals surface area contributed by atoms with Crippen LogP contribution in [0.3, 0.4) is 0 Å². The molecule has 3 N–H and O–H groups in total. The summed E-state index contributed by atoms with van der Waals surface area (Å²) in [5.41, 5.74) is 2.10. The van der Waals surface area contributed by atoms with Gasteiger partial charge in [0.15, 0.2) is 0 Å². The Kier molecular flexibility index (Phi) is 4.44. The van der Waals surface area contributed by atoms with E-state index in [9.17, 15) is 8.42 Å². The maximum absolute atomic E-state index is 11.9. The molecule has 0 aliphatic rings. The van der Waals surface area contributed by atoms with E-state index in [2.05, 4.69) is 15.0 Å². The lowest BCUT2D eigenvalue weighted by molar-refractivity contribution is 0.472. The number of aromatic nitrogens is 1. The predicted octanol–water partition coefficient (Wildman–Crippen LogP) is 1.62. The normalized spacial score (nSPS) is 11.3. The van der Waals surface area contributed by atoms with Gasteiger partial charge in [0.25, 0.3) is 0 Å². The number of hydrogen-bond acceptors (Lipinski definition) is 5. The molecule has 2 aromatic rings. The number of benzene rings is 1. The number of aryl methyl sites for hydroxylation is 1. The number of rotatable bonds is 5. The molecule has 0 atom stereocenters. The van der Waals surface area contributed by atoms with E-state index in [0.29, 0.717) is 17.8 Å². The van der Waals surface area contributed by atoms with Gasteiger partial charge in [0.05, 0.1) is 23.3 Å². The average molecular weight is 307 g/mol. The molecular weight excluding hydrogens is 290 g/mol. The summed E-state index contributed by atoms with van der Waals surface area (Å²) in [6.45, 7) is 2.18. The molecule has 6 nitrogen and oxygen atoms in total. The molecule has 0 unspecified atom stereocenters. The van der Waals surface area contributed by atoms with Crippen LogP contribution >= 0.6 is 0 Å². The molecule has 0 amide bonds. The predicted molar refractivity (Wildman–Crippen MR) is 80.7 cm³/mol.